The van der Waals surface area contributed by atoms with Crippen LogP contribution in [0.2, 0.25) is 10.0 Å². The second-order valence-corrected chi connectivity index (χ2v) is 14.6. The number of carbonyl (C=O) groups is 2. The molecule has 258 valence electrons. The first-order valence-electron chi connectivity index (χ1n) is 16.0. The summed E-state index contributed by atoms with van der Waals surface area (Å²) < 4.78 is 40.5. The largest absolute Gasteiger partial charge is 0.493 e. The second-order valence-electron chi connectivity index (χ2n) is 11.9. The van der Waals surface area contributed by atoms with Crippen LogP contribution in [0.3, 0.4) is 0 Å². The molecule has 0 saturated heterocycles. The summed E-state index contributed by atoms with van der Waals surface area (Å²) in [6.45, 7) is -0.597. The van der Waals surface area contributed by atoms with Gasteiger partial charge in [0.05, 0.1) is 24.8 Å². The molecule has 1 saturated carbocycles. The van der Waals surface area contributed by atoms with Gasteiger partial charge in [-0.05, 0) is 72.5 Å². The number of hydrogen-bond acceptors (Lipinski definition) is 6. The fraction of sp³-hybridized carbons (Fsp3) is 0.297. The van der Waals surface area contributed by atoms with Crippen LogP contribution in [0, 0.1) is 0 Å². The van der Waals surface area contributed by atoms with Gasteiger partial charge in [-0.1, -0.05) is 78.5 Å². The van der Waals surface area contributed by atoms with Gasteiger partial charge in [0.2, 0.25) is 11.8 Å². The van der Waals surface area contributed by atoms with Crippen LogP contribution >= 0.6 is 23.2 Å². The molecule has 1 aliphatic rings. The molecule has 4 aromatic carbocycles. The normalized spacial score (nSPS) is 13.8. The van der Waals surface area contributed by atoms with E-state index < -0.39 is 28.5 Å². The molecule has 1 atom stereocenters. The number of ether oxygens (including phenoxy) is 2. The van der Waals surface area contributed by atoms with Crippen molar-refractivity contribution in [1.29, 1.82) is 0 Å². The van der Waals surface area contributed by atoms with E-state index in [2.05, 4.69) is 5.32 Å². The Hall–Kier alpha value is -4.25. The Morgan fingerprint density at radius 1 is 0.816 bits per heavy atom. The molecule has 5 rings (SSSR count). The van der Waals surface area contributed by atoms with Gasteiger partial charge in [-0.25, -0.2) is 8.42 Å². The fourth-order valence-corrected chi connectivity index (χ4v) is 7.76. The van der Waals surface area contributed by atoms with E-state index in [1.807, 2.05) is 36.4 Å². The molecule has 2 amide bonds. The molecule has 0 aliphatic heterocycles. The summed E-state index contributed by atoms with van der Waals surface area (Å²) in [6.07, 6.45) is 3.97. The number of rotatable bonds is 14. The predicted molar refractivity (Wildman–Crippen MR) is 192 cm³/mol. The minimum absolute atomic E-state index is 0.00453. The molecule has 0 spiro atoms. The van der Waals surface area contributed by atoms with Crippen molar-refractivity contribution in [2.24, 2.45) is 0 Å². The van der Waals surface area contributed by atoms with Crippen LogP contribution < -0.4 is 19.1 Å². The Labute approximate surface area is 297 Å². The molecule has 49 heavy (non-hydrogen) atoms. The first-order chi connectivity index (χ1) is 23.6. The summed E-state index contributed by atoms with van der Waals surface area (Å²) in [6, 6.07) is 25.9. The molecule has 9 nitrogen and oxygen atoms in total. The Balaban J connectivity index is 1.58. The van der Waals surface area contributed by atoms with E-state index in [-0.39, 0.29) is 41.2 Å². The van der Waals surface area contributed by atoms with Crippen molar-refractivity contribution < 1.29 is 27.5 Å². The molecule has 0 heterocycles. The average Bonchev–Trinajstić information content (AvgIpc) is 3.62. The third-order valence-corrected chi connectivity index (χ3v) is 10.8. The number of nitrogens with zero attached hydrogens (tertiary/aromatic N) is 2. The number of carbonyl (C=O) groups excluding carboxylic acids is 2. The van der Waals surface area contributed by atoms with Crippen LogP contribution in [0.25, 0.3) is 0 Å². The van der Waals surface area contributed by atoms with Crippen molar-refractivity contribution >= 4 is 50.7 Å². The monoisotopic (exact) mass is 723 g/mol. The summed E-state index contributed by atoms with van der Waals surface area (Å²) >= 11 is 12.5. The molecule has 0 unspecified atom stereocenters. The highest BCUT2D eigenvalue weighted by Gasteiger charge is 2.36. The zero-order valence-electron chi connectivity index (χ0n) is 27.4. The number of hydrogen-bond donors (Lipinski definition) is 1. The minimum Gasteiger partial charge on any atom is -0.493 e. The lowest BCUT2D eigenvalue weighted by Gasteiger charge is -2.34. The highest BCUT2D eigenvalue weighted by atomic mass is 35.5. The van der Waals surface area contributed by atoms with Crippen LogP contribution in [0.15, 0.2) is 102 Å². The molecule has 1 aliphatic carbocycles. The molecule has 0 aromatic heterocycles. The number of methoxy groups -OCH3 is 2. The molecule has 12 heteroatoms. The van der Waals surface area contributed by atoms with E-state index in [4.69, 9.17) is 32.7 Å². The molecule has 4 aromatic rings. The van der Waals surface area contributed by atoms with Gasteiger partial charge in [0.25, 0.3) is 10.0 Å². The van der Waals surface area contributed by atoms with Gasteiger partial charge in [-0.3, -0.25) is 13.9 Å². The van der Waals surface area contributed by atoms with Crippen molar-refractivity contribution in [1.82, 2.24) is 10.2 Å². The van der Waals surface area contributed by atoms with Gasteiger partial charge in [0, 0.05) is 35.1 Å². The maximum Gasteiger partial charge on any atom is 0.264 e. The van der Waals surface area contributed by atoms with E-state index in [1.54, 1.807) is 30.3 Å². The van der Waals surface area contributed by atoms with Gasteiger partial charge in [0.1, 0.15) is 12.6 Å². The van der Waals surface area contributed by atoms with Crippen LogP contribution in [-0.4, -0.2) is 58.0 Å². The summed E-state index contributed by atoms with van der Waals surface area (Å²) in [5, 5.41) is 4.04. The zero-order valence-corrected chi connectivity index (χ0v) is 29.7. The first-order valence-corrected chi connectivity index (χ1v) is 18.2. The molecule has 1 N–H and O–H groups in total. The van der Waals surface area contributed by atoms with Crippen LogP contribution in [0.5, 0.6) is 11.5 Å². The lowest BCUT2D eigenvalue weighted by molar-refractivity contribution is -0.140. The minimum atomic E-state index is -4.37. The van der Waals surface area contributed by atoms with Crippen LogP contribution in [0.1, 0.15) is 36.8 Å². The zero-order chi connectivity index (χ0) is 35.0. The summed E-state index contributed by atoms with van der Waals surface area (Å²) in [7, 11) is -1.51. The Kier molecular flexibility index (Phi) is 12.1. The van der Waals surface area contributed by atoms with Gasteiger partial charge in [-0.2, -0.15) is 0 Å². The summed E-state index contributed by atoms with van der Waals surface area (Å²) in [5.41, 5.74) is 1.75. The van der Waals surface area contributed by atoms with Gasteiger partial charge in [0.15, 0.2) is 11.5 Å². The number of anilines is 1. The van der Waals surface area contributed by atoms with E-state index in [9.17, 15) is 18.0 Å². The standard InChI is InChI=1S/C37H39Cl2N3O6S/c1-47-34-20-19-32(23-35(34)48-2)49(45,46)42(31-17-15-28(38)16-18-31)25-36(43)41(24-27-11-8-12-29(39)21-27)33(22-26-9-4-3-5-10-26)37(44)40-30-13-6-7-14-30/h3-5,8-12,15-21,23,30,33H,6-7,13-14,22,24-25H2,1-2H3,(H,40,44)/t33-/m1/s1. The number of benzene rings is 4. The molecule has 0 bridgehead atoms. The Morgan fingerprint density at radius 2 is 1.49 bits per heavy atom. The maximum absolute atomic E-state index is 14.7. The first kappa shape index (κ1) is 36.0. The van der Waals surface area contributed by atoms with Gasteiger partial charge >= 0.3 is 0 Å². The average molecular weight is 725 g/mol. The van der Waals surface area contributed by atoms with Crippen LogP contribution in [-0.2, 0) is 32.6 Å². The quantitative estimate of drug-likeness (QED) is 0.152. The van der Waals surface area contributed by atoms with E-state index in [1.165, 1.54) is 49.5 Å². The number of halogens is 2. The van der Waals surface area contributed by atoms with Gasteiger partial charge < -0.3 is 19.7 Å². The summed E-state index contributed by atoms with van der Waals surface area (Å²) in [5.74, 6) is -0.325. The highest BCUT2D eigenvalue weighted by molar-refractivity contribution is 7.92. The third-order valence-electron chi connectivity index (χ3n) is 8.55. The lowest BCUT2D eigenvalue weighted by atomic mass is 10.0. The van der Waals surface area contributed by atoms with Crippen molar-refractivity contribution in [2.45, 2.75) is 55.6 Å². The number of sulfonamides is 1. The van der Waals surface area contributed by atoms with E-state index in [0.717, 1.165) is 35.6 Å². The SMILES string of the molecule is COc1ccc(S(=O)(=O)N(CC(=O)N(Cc2cccc(Cl)c2)[C@H](Cc2ccccc2)C(=O)NC2CCCC2)c2ccc(Cl)cc2)cc1OC. The smallest absolute Gasteiger partial charge is 0.264 e. The van der Waals surface area contributed by atoms with E-state index in [0.29, 0.717) is 21.4 Å². The number of nitrogens with one attached hydrogen (secondary N) is 1. The Morgan fingerprint density at radius 3 is 2.14 bits per heavy atom. The summed E-state index contributed by atoms with van der Waals surface area (Å²) in [4.78, 5) is 30.2. The highest BCUT2D eigenvalue weighted by Crippen LogP contribution is 2.33. The van der Waals surface area contributed by atoms with Gasteiger partial charge in [-0.15, -0.1) is 0 Å². The molecule has 1 fully saturated rings. The van der Waals surface area contributed by atoms with Crippen molar-refractivity contribution in [3.05, 3.63) is 118 Å². The molecule has 0 radical (unpaired) electrons. The van der Waals surface area contributed by atoms with E-state index >= 15 is 0 Å². The lowest BCUT2D eigenvalue weighted by Crippen LogP contribution is -2.54. The predicted octanol–water partition coefficient (Wildman–Crippen LogP) is 6.90. The Bertz CT molecular complexity index is 1850. The maximum atomic E-state index is 14.7. The molecular formula is C37H39Cl2N3O6S. The fourth-order valence-electron chi connectivity index (χ4n) is 5.99. The van der Waals surface area contributed by atoms with Crippen molar-refractivity contribution in [3.8, 4) is 11.5 Å². The molecular weight excluding hydrogens is 685 g/mol. The van der Waals surface area contributed by atoms with Crippen LogP contribution in [0.4, 0.5) is 5.69 Å². The van der Waals surface area contributed by atoms with Crippen molar-refractivity contribution in [3.63, 3.8) is 0 Å². The third kappa shape index (κ3) is 9.06. The van der Waals surface area contributed by atoms with Crippen molar-refractivity contribution in [2.75, 3.05) is 25.1 Å². The second kappa shape index (κ2) is 16.4. The topological polar surface area (TPSA) is 105 Å². The number of amides is 2.